The maximum absolute atomic E-state index is 12.9. The van der Waals surface area contributed by atoms with Crippen molar-refractivity contribution in [1.82, 2.24) is 19.9 Å². The molecule has 1 amide bonds. The van der Waals surface area contributed by atoms with Gasteiger partial charge in [-0.25, -0.2) is 14.8 Å². The van der Waals surface area contributed by atoms with E-state index >= 15 is 0 Å². The molecule has 1 saturated heterocycles. The molecule has 0 spiro atoms. The van der Waals surface area contributed by atoms with Crippen LogP contribution in [0.2, 0.25) is 0 Å². The van der Waals surface area contributed by atoms with Gasteiger partial charge in [0, 0.05) is 35.8 Å². The molecule has 7 heteroatoms. The second kappa shape index (κ2) is 8.46. The summed E-state index contributed by atoms with van der Waals surface area (Å²) >= 11 is 0. The van der Waals surface area contributed by atoms with Gasteiger partial charge in [0.1, 0.15) is 5.60 Å². The number of nitrogens with one attached hydrogen (secondary N) is 1. The van der Waals surface area contributed by atoms with Crippen molar-refractivity contribution in [3.8, 4) is 11.4 Å². The Balaban J connectivity index is 1.36. The Hall–Kier alpha value is -3.48. The van der Waals surface area contributed by atoms with E-state index in [1.54, 1.807) is 24.7 Å². The van der Waals surface area contributed by atoms with E-state index in [1.165, 1.54) is 0 Å². The number of hydrogen-bond donors (Lipinski definition) is 1. The fourth-order valence-electron chi connectivity index (χ4n) is 5.38. The van der Waals surface area contributed by atoms with E-state index in [9.17, 15) is 9.59 Å². The van der Waals surface area contributed by atoms with E-state index in [0.29, 0.717) is 5.82 Å². The monoisotopic (exact) mass is 444 g/mol. The van der Waals surface area contributed by atoms with Crippen molar-refractivity contribution >= 4 is 6.09 Å². The Labute approximate surface area is 192 Å². The number of aromatic amines is 1. The Bertz CT molecular complexity index is 1180. The first-order valence-corrected chi connectivity index (χ1v) is 11.5. The largest absolute Gasteiger partial charge is 0.441 e. The lowest BCUT2D eigenvalue weighted by Crippen LogP contribution is -2.42. The van der Waals surface area contributed by atoms with Crippen LogP contribution in [0.15, 0.2) is 65.8 Å². The third kappa shape index (κ3) is 4.03. The summed E-state index contributed by atoms with van der Waals surface area (Å²) in [5.74, 6) is 0.729. The summed E-state index contributed by atoms with van der Waals surface area (Å²) in [5, 5.41) is 0. The van der Waals surface area contributed by atoms with Crippen molar-refractivity contribution in [2.75, 3.05) is 0 Å². The van der Waals surface area contributed by atoms with Gasteiger partial charge in [0.2, 0.25) is 0 Å². The number of hydrogen-bond acceptors (Lipinski definition) is 5. The maximum atomic E-state index is 12.9. The van der Waals surface area contributed by atoms with Crippen LogP contribution in [0.5, 0.6) is 0 Å². The molecule has 1 unspecified atom stereocenters. The molecule has 1 aliphatic carbocycles. The first-order chi connectivity index (χ1) is 15.9. The molecule has 33 heavy (non-hydrogen) atoms. The number of carbonyl (C=O) groups excluding carboxylic acids is 1. The quantitative estimate of drug-likeness (QED) is 0.623. The molecule has 0 bridgehead atoms. The van der Waals surface area contributed by atoms with Crippen molar-refractivity contribution in [2.45, 2.75) is 63.1 Å². The molecule has 1 aromatic carbocycles. The molecule has 170 valence electrons. The van der Waals surface area contributed by atoms with Crippen molar-refractivity contribution < 1.29 is 9.53 Å². The van der Waals surface area contributed by atoms with Gasteiger partial charge < -0.3 is 9.72 Å². The predicted molar refractivity (Wildman–Crippen MR) is 125 cm³/mol. The Morgan fingerprint density at radius 1 is 1.00 bits per heavy atom. The third-order valence-electron chi connectivity index (χ3n) is 6.90. The molecule has 1 aliphatic heterocycles. The van der Waals surface area contributed by atoms with Crippen molar-refractivity contribution in [3.63, 3.8) is 0 Å². The average Bonchev–Trinajstić information content (AvgIpc) is 3.08. The molecule has 2 aliphatic rings. The first kappa shape index (κ1) is 21.4. The number of rotatable bonds is 4. The SMILES string of the molecule is CC1(C)OC(=O)N([C@H]2CC[C@@H](c3cc(-c4ncccn4)c[nH]c3=O)CC2)C1c1ccccc1. The van der Waals surface area contributed by atoms with Gasteiger partial charge in [-0.05, 0) is 63.1 Å². The summed E-state index contributed by atoms with van der Waals surface area (Å²) in [7, 11) is 0. The van der Waals surface area contributed by atoms with Gasteiger partial charge in [-0.2, -0.15) is 0 Å². The Kier molecular flexibility index (Phi) is 5.48. The minimum absolute atomic E-state index is 0.0676. The molecule has 3 heterocycles. The highest BCUT2D eigenvalue weighted by Gasteiger charge is 2.51. The molecule has 1 saturated carbocycles. The topological polar surface area (TPSA) is 88.2 Å². The fourth-order valence-corrected chi connectivity index (χ4v) is 5.38. The number of cyclic esters (lactones) is 1. The summed E-state index contributed by atoms with van der Waals surface area (Å²) in [6.45, 7) is 3.95. The van der Waals surface area contributed by atoms with E-state index in [1.807, 2.05) is 43.0 Å². The maximum Gasteiger partial charge on any atom is 0.411 e. The Morgan fingerprint density at radius 3 is 2.39 bits per heavy atom. The zero-order valence-electron chi connectivity index (χ0n) is 18.9. The lowest BCUT2D eigenvalue weighted by atomic mass is 9.80. The van der Waals surface area contributed by atoms with Crippen LogP contribution in [-0.4, -0.2) is 37.6 Å². The molecule has 0 radical (unpaired) electrons. The van der Waals surface area contributed by atoms with Gasteiger partial charge in [0.05, 0.1) is 6.04 Å². The van der Waals surface area contributed by atoms with Crippen LogP contribution in [0.3, 0.4) is 0 Å². The zero-order chi connectivity index (χ0) is 23.0. The summed E-state index contributed by atoms with van der Waals surface area (Å²) in [6.07, 6.45) is 8.11. The van der Waals surface area contributed by atoms with Crippen LogP contribution in [0, 0.1) is 0 Å². The van der Waals surface area contributed by atoms with Gasteiger partial charge in [-0.15, -0.1) is 0 Å². The van der Waals surface area contributed by atoms with Crippen LogP contribution in [0.1, 0.15) is 62.6 Å². The third-order valence-corrected chi connectivity index (χ3v) is 6.90. The highest BCUT2D eigenvalue weighted by Crippen LogP contribution is 2.45. The number of benzene rings is 1. The van der Waals surface area contributed by atoms with Gasteiger partial charge in [-0.3, -0.25) is 9.69 Å². The zero-order valence-corrected chi connectivity index (χ0v) is 18.9. The summed E-state index contributed by atoms with van der Waals surface area (Å²) in [6, 6.07) is 13.7. The lowest BCUT2D eigenvalue weighted by Gasteiger charge is -2.38. The van der Waals surface area contributed by atoms with Crippen LogP contribution in [0.4, 0.5) is 4.79 Å². The second-order valence-corrected chi connectivity index (χ2v) is 9.44. The van der Waals surface area contributed by atoms with Gasteiger partial charge >= 0.3 is 6.09 Å². The molecule has 7 nitrogen and oxygen atoms in total. The standard InChI is InChI=1S/C26H28N4O3/c1-26(2)22(18-7-4-3-5-8-18)30(25(32)33-26)20-11-9-17(10-12-20)21-15-19(16-29-24(21)31)23-27-13-6-14-28-23/h3-8,13-17,20,22H,9-12H2,1-2H3,(H,29,31)/t17-,20+,22?. The average molecular weight is 445 g/mol. The number of nitrogens with zero attached hydrogens (tertiary/aromatic N) is 3. The molecule has 5 rings (SSSR count). The molecule has 3 aromatic rings. The highest BCUT2D eigenvalue weighted by molar-refractivity contribution is 5.72. The summed E-state index contributed by atoms with van der Waals surface area (Å²) < 4.78 is 5.79. The van der Waals surface area contributed by atoms with Crippen LogP contribution < -0.4 is 5.56 Å². The number of carbonyl (C=O) groups is 1. The van der Waals surface area contributed by atoms with Crippen LogP contribution in [-0.2, 0) is 4.74 Å². The van der Waals surface area contributed by atoms with Crippen LogP contribution >= 0.6 is 0 Å². The van der Waals surface area contributed by atoms with E-state index < -0.39 is 5.60 Å². The predicted octanol–water partition coefficient (Wildman–Crippen LogP) is 4.83. The van der Waals surface area contributed by atoms with Gasteiger partial charge in [-0.1, -0.05) is 30.3 Å². The fraction of sp³-hybridized carbons (Fsp3) is 0.385. The number of ether oxygens (including phenoxy) is 1. The van der Waals surface area contributed by atoms with Gasteiger partial charge in [0.15, 0.2) is 5.82 Å². The number of pyridine rings is 1. The molecule has 1 N–H and O–H groups in total. The summed E-state index contributed by atoms with van der Waals surface area (Å²) in [4.78, 5) is 38.9. The number of aromatic nitrogens is 3. The summed E-state index contributed by atoms with van der Waals surface area (Å²) in [5.41, 5.74) is 1.99. The minimum atomic E-state index is -0.601. The molecule has 2 fully saturated rings. The molecule has 1 atom stereocenters. The van der Waals surface area contributed by atoms with E-state index in [-0.39, 0.29) is 29.7 Å². The molecular formula is C26H28N4O3. The normalized spacial score (nSPS) is 24.5. The van der Waals surface area contributed by atoms with Crippen LogP contribution in [0.25, 0.3) is 11.4 Å². The van der Waals surface area contributed by atoms with E-state index in [0.717, 1.165) is 42.4 Å². The van der Waals surface area contributed by atoms with E-state index in [2.05, 4.69) is 27.1 Å². The van der Waals surface area contributed by atoms with Crippen molar-refractivity contribution in [1.29, 1.82) is 0 Å². The van der Waals surface area contributed by atoms with Crippen molar-refractivity contribution in [2.24, 2.45) is 0 Å². The highest BCUT2D eigenvalue weighted by atomic mass is 16.6. The minimum Gasteiger partial charge on any atom is -0.441 e. The van der Waals surface area contributed by atoms with Gasteiger partial charge in [0.25, 0.3) is 5.56 Å². The number of H-pyrrole nitrogens is 1. The number of amides is 1. The van der Waals surface area contributed by atoms with Crippen molar-refractivity contribution in [3.05, 3.63) is 82.5 Å². The first-order valence-electron chi connectivity index (χ1n) is 11.5. The lowest BCUT2D eigenvalue weighted by molar-refractivity contribution is 0.0664. The molecule has 2 aromatic heterocycles. The molecular weight excluding hydrogens is 416 g/mol. The smallest absolute Gasteiger partial charge is 0.411 e. The Morgan fingerprint density at radius 2 is 1.70 bits per heavy atom. The second-order valence-electron chi connectivity index (χ2n) is 9.44. The van der Waals surface area contributed by atoms with E-state index in [4.69, 9.17) is 4.74 Å².